The number of urea groups is 2. The Kier molecular flexibility index (Phi) is 11.0. The summed E-state index contributed by atoms with van der Waals surface area (Å²) in [6.07, 6.45) is 7.08. The molecular weight excluding hydrogens is 492 g/mol. The van der Waals surface area contributed by atoms with Gasteiger partial charge in [0.15, 0.2) is 0 Å². The maximum atomic E-state index is 12.1. The number of carbonyl (C=O) groups excluding carboxylic acids is 2. The zero-order chi connectivity index (χ0) is 27.1. The number of carbonyl (C=O) groups is 2. The first-order valence-electron chi connectivity index (χ1n) is 14.0. The second kappa shape index (κ2) is 15.4. The van der Waals surface area contributed by atoms with Gasteiger partial charge in [-0.3, -0.25) is 9.98 Å². The number of hydrogen-bond donors (Lipinski definition) is 6. The second-order valence-electron chi connectivity index (χ2n) is 9.71. The first kappa shape index (κ1) is 27.9. The van der Waals surface area contributed by atoms with Crippen molar-refractivity contribution in [2.75, 3.05) is 49.9 Å². The van der Waals surface area contributed by atoms with Gasteiger partial charge in [-0.25, -0.2) is 9.59 Å². The molecular formula is C29H40N8O2. The number of anilines is 2. The summed E-state index contributed by atoms with van der Waals surface area (Å²) in [5.41, 5.74) is 3.58. The van der Waals surface area contributed by atoms with Crippen molar-refractivity contribution in [3.8, 4) is 0 Å². The first-order chi connectivity index (χ1) is 19.2. The topological polar surface area (TPSA) is 131 Å². The molecule has 2 aromatic carbocycles. The van der Waals surface area contributed by atoms with Crippen LogP contribution in [0.2, 0.25) is 0 Å². The van der Waals surface area contributed by atoms with Crippen LogP contribution in [0.3, 0.4) is 0 Å². The minimum absolute atomic E-state index is 0.194. The van der Waals surface area contributed by atoms with Crippen molar-refractivity contribution in [2.45, 2.75) is 44.9 Å². The van der Waals surface area contributed by atoms with Crippen molar-refractivity contribution in [1.82, 2.24) is 21.3 Å². The van der Waals surface area contributed by atoms with Gasteiger partial charge in [0.2, 0.25) is 0 Å². The Bertz CT molecular complexity index is 1040. The molecule has 0 fully saturated rings. The van der Waals surface area contributed by atoms with Gasteiger partial charge in [-0.2, -0.15) is 0 Å². The minimum atomic E-state index is -0.194. The second-order valence-corrected chi connectivity index (χ2v) is 9.71. The van der Waals surface area contributed by atoms with Gasteiger partial charge < -0.3 is 31.9 Å². The van der Waals surface area contributed by atoms with Gasteiger partial charge in [0, 0.05) is 61.8 Å². The zero-order valence-corrected chi connectivity index (χ0v) is 22.5. The number of unbranched alkanes of at least 4 members (excludes halogenated alkanes) is 4. The third kappa shape index (κ3) is 9.63. The van der Waals surface area contributed by atoms with Crippen LogP contribution in [0.4, 0.5) is 21.0 Å². The summed E-state index contributed by atoms with van der Waals surface area (Å²) in [5.74, 6) is 1.84. The van der Waals surface area contributed by atoms with Crippen molar-refractivity contribution < 1.29 is 9.59 Å². The predicted octanol–water partition coefficient (Wildman–Crippen LogP) is 4.06. The number of aliphatic imine (C=N–C) groups is 2. The van der Waals surface area contributed by atoms with Crippen LogP contribution < -0.4 is 31.9 Å². The summed E-state index contributed by atoms with van der Waals surface area (Å²) in [7, 11) is 0. The van der Waals surface area contributed by atoms with E-state index in [0.717, 1.165) is 105 Å². The van der Waals surface area contributed by atoms with Gasteiger partial charge in [0.05, 0.1) is 0 Å². The van der Waals surface area contributed by atoms with E-state index in [0.29, 0.717) is 13.1 Å². The van der Waals surface area contributed by atoms with Crippen LogP contribution in [-0.4, -0.2) is 63.0 Å². The summed E-state index contributed by atoms with van der Waals surface area (Å²) in [6, 6.07) is 15.0. The van der Waals surface area contributed by atoms with E-state index < -0.39 is 0 Å². The van der Waals surface area contributed by atoms with E-state index in [1.165, 1.54) is 0 Å². The van der Waals surface area contributed by atoms with E-state index in [4.69, 9.17) is 0 Å². The molecule has 0 saturated heterocycles. The van der Waals surface area contributed by atoms with E-state index in [1.807, 2.05) is 48.5 Å². The van der Waals surface area contributed by atoms with E-state index in [1.54, 1.807) is 0 Å². The lowest BCUT2D eigenvalue weighted by atomic mass is 10.1. The van der Waals surface area contributed by atoms with Gasteiger partial charge in [-0.05, 0) is 74.2 Å². The lowest BCUT2D eigenvalue weighted by molar-refractivity contribution is 0.251. The van der Waals surface area contributed by atoms with E-state index >= 15 is 0 Å². The van der Waals surface area contributed by atoms with Crippen molar-refractivity contribution in [3.05, 3.63) is 59.7 Å². The van der Waals surface area contributed by atoms with Crippen LogP contribution in [-0.2, 0) is 0 Å². The molecule has 39 heavy (non-hydrogen) atoms. The van der Waals surface area contributed by atoms with Gasteiger partial charge in [-0.1, -0.05) is 19.3 Å². The van der Waals surface area contributed by atoms with Crippen molar-refractivity contribution in [2.24, 2.45) is 9.98 Å². The molecule has 2 aliphatic heterocycles. The maximum absolute atomic E-state index is 12.1. The quantitative estimate of drug-likeness (QED) is 0.230. The summed E-state index contributed by atoms with van der Waals surface area (Å²) < 4.78 is 0. The van der Waals surface area contributed by atoms with Crippen LogP contribution >= 0.6 is 0 Å². The molecule has 2 aromatic rings. The number of nitrogens with zero attached hydrogens (tertiary/aromatic N) is 2. The highest BCUT2D eigenvalue weighted by molar-refractivity contribution is 6.00. The van der Waals surface area contributed by atoms with E-state index in [-0.39, 0.29) is 12.1 Å². The molecule has 0 saturated carbocycles. The molecule has 10 nitrogen and oxygen atoms in total. The highest BCUT2D eigenvalue weighted by Gasteiger charge is 2.09. The van der Waals surface area contributed by atoms with Crippen molar-refractivity contribution in [3.63, 3.8) is 0 Å². The summed E-state index contributed by atoms with van der Waals surface area (Å²) in [6.45, 7) is 4.86. The third-order valence-electron chi connectivity index (χ3n) is 6.55. The largest absolute Gasteiger partial charge is 0.370 e. The van der Waals surface area contributed by atoms with Crippen LogP contribution in [0.5, 0.6) is 0 Å². The van der Waals surface area contributed by atoms with Gasteiger partial charge >= 0.3 is 12.1 Å². The molecule has 0 bridgehead atoms. The highest BCUT2D eigenvalue weighted by atomic mass is 16.2. The summed E-state index contributed by atoms with van der Waals surface area (Å²) >= 11 is 0. The Hall–Kier alpha value is -4.08. The van der Waals surface area contributed by atoms with Crippen LogP contribution in [0.15, 0.2) is 58.5 Å². The Labute approximate surface area is 230 Å². The van der Waals surface area contributed by atoms with Crippen LogP contribution in [0.25, 0.3) is 0 Å². The third-order valence-corrected chi connectivity index (χ3v) is 6.55. The molecule has 0 atom stereocenters. The molecule has 10 heteroatoms. The average Bonchev–Trinajstić information content (AvgIpc) is 2.98. The smallest absolute Gasteiger partial charge is 0.319 e. The lowest BCUT2D eigenvalue weighted by Crippen LogP contribution is -2.30. The lowest BCUT2D eigenvalue weighted by Gasteiger charge is -2.15. The molecule has 2 heterocycles. The van der Waals surface area contributed by atoms with E-state index in [9.17, 15) is 9.59 Å². The number of amides is 4. The Morgan fingerprint density at radius 3 is 1.41 bits per heavy atom. The van der Waals surface area contributed by atoms with E-state index in [2.05, 4.69) is 41.9 Å². The molecule has 0 unspecified atom stereocenters. The van der Waals surface area contributed by atoms with Gasteiger partial charge in [-0.15, -0.1) is 0 Å². The summed E-state index contributed by atoms with van der Waals surface area (Å²) in [4.78, 5) is 33.3. The van der Waals surface area contributed by atoms with Crippen molar-refractivity contribution in [1.29, 1.82) is 0 Å². The molecule has 208 valence electrons. The normalized spacial score (nSPS) is 14.7. The fraction of sp³-hybridized carbons (Fsp3) is 0.448. The molecule has 6 N–H and O–H groups in total. The SMILES string of the molecule is O=C(NCCCCCCCNC(=O)Nc1ccc(C2=NCCCN2)cc1)Nc1ccc(C2=NCCCN2)cc1. The molecule has 0 aliphatic carbocycles. The number of nitrogens with one attached hydrogen (secondary N) is 6. The molecule has 4 amide bonds. The zero-order valence-electron chi connectivity index (χ0n) is 22.5. The Morgan fingerprint density at radius 1 is 0.615 bits per heavy atom. The highest BCUT2D eigenvalue weighted by Crippen LogP contribution is 2.12. The monoisotopic (exact) mass is 532 g/mol. The Morgan fingerprint density at radius 2 is 1.03 bits per heavy atom. The summed E-state index contributed by atoms with van der Waals surface area (Å²) in [5, 5.41) is 18.2. The fourth-order valence-electron chi connectivity index (χ4n) is 4.41. The predicted molar refractivity (Wildman–Crippen MR) is 158 cm³/mol. The maximum Gasteiger partial charge on any atom is 0.319 e. The molecule has 4 rings (SSSR count). The van der Waals surface area contributed by atoms with Crippen LogP contribution in [0.1, 0.15) is 56.1 Å². The first-order valence-corrected chi connectivity index (χ1v) is 14.0. The number of amidine groups is 2. The van der Waals surface area contributed by atoms with Crippen LogP contribution in [0, 0.1) is 0 Å². The Balaban J connectivity index is 0.995. The molecule has 0 spiro atoms. The number of rotatable bonds is 12. The number of hydrogen-bond acceptors (Lipinski definition) is 6. The van der Waals surface area contributed by atoms with Gasteiger partial charge in [0.25, 0.3) is 0 Å². The van der Waals surface area contributed by atoms with Crippen molar-refractivity contribution >= 4 is 35.1 Å². The van der Waals surface area contributed by atoms with Gasteiger partial charge in [0.1, 0.15) is 11.7 Å². The molecule has 2 aliphatic rings. The number of benzene rings is 2. The fourth-order valence-corrected chi connectivity index (χ4v) is 4.41. The standard InChI is InChI=1S/C29H40N8O2/c38-28(36-24-12-8-22(9-13-24)26-30-18-6-19-31-26)34-16-4-2-1-3-5-17-35-29(39)37-25-14-10-23(11-15-25)27-32-20-7-21-33-27/h8-15H,1-7,16-21H2,(H,30,31)(H,32,33)(H2,34,36,38)(H2,35,37,39). The minimum Gasteiger partial charge on any atom is -0.370 e. The average molecular weight is 533 g/mol. The molecule has 0 radical (unpaired) electrons. The molecule has 0 aromatic heterocycles.